The number of fused-ring (bicyclic) bond motifs is 1. The first kappa shape index (κ1) is 18.0. The highest BCUT2D eigenvalue weighted by atomic mass is 35.5. The molecule has 1 aliphatic heterocycles. The van der Waals surface area contributed by atoms with Crippen LogP contribution in [-0.4, -0.2) is 52.5 Å². The number of piperidine rings is 1. The summed E-state index contributed by atoms with van der Waals surface area (Å²) in [6.07, 6.45) is 8.39. The first-order chi connectivity index (χ1) is 13.7. The average Bonchev–Trinajstić information content (AvgIpc) is 3.04. The summed E-state index contributed by atoms with van der Waals surface area (Å²) >= 11 is 6.44. The van der Waals surface area contributed by atoms with E-state index in [2.05, 4.69) is 21.4 Å². The van der Waals surface area contributed by atoms with Crippen LogP contribution >= 0.6 is 11.6 Å². The van der Waals surface area contributed by atoms with Crippen molar-refractivity contribution in [1.82, 2.24) is 19.5 Å². The first-order valence-corrected chi connectivity index (χ1v) is 10.7. The molecular weight excluding hydrogens is 369 g/mol. The number of anilines is 1. The summed E-state index contributed by atoms with van der Waals surface area (Å²) in [6, 6.07) is 11.3. The number of halogens is 1. The van der Waals surface area contributed by atoms with Crippen molar-refractivity contribution in [2.24, 2.45) is 0 Å². The summed E-state index contributed by atoms with van der Waals surface area (Å²) in [4.78, 5) is 7.52. The minimum absolute atomic E-state index is 0.463. The summed E-state index contributed by atoms with van der Waals surface area (Å²) in [6.45, 7) is 2.37. The Bertz CT molecular complexity index is 992. The quantitative estimate of drug-likeness (QED) is 0.692. The lowest BCUT2D eigenvalue weighted by atomic mass is 9.89. The summed E-state index contributed by atoms with van der Waals surface area (Å²) < 4.78 is 1.92. The molecule has 28 heavy (non-hydrogen) atoms. The number of benzene rings is 1. The first-order valence-electron chi connectivity index (χ1n) is 10.3. The van der Waals surface area contributed by atoms with Gasteiger partial charge in [-0.05, 0) is 37.2 Å². The van der Waals surface area contributed by atoms with Crippen molar-refractivity contribution in [3.05, 3.63) is 41.6 Å². The van der Waals surface area contributed by atoms with Crippen LogP contribution in [0, 0.1) is 0 Å². The number of likely N-dealkylation sites (tertiary alicyclic amines) is 1. The van der Waals surface area contributed by atoms with Gasteiger partial charge in [-0.1, -0.05) is 36.2 Å². The van der Waals surface area contributed by atoms with Gasteiger partial charge in [-0.2, -0.15) is 9.61 Å². The van der Waals surface area contributed by atoms with Gasteiger partial charge in [-0.25, -0.2) is 4.98 Å². The third-order valence-corrected chi connectivity index (χ3v) is 6.60. The topological polar surface area (TPSA) is 45.5 Å². The van der Waals surface area contributed by atoms with Crippen molar-refractivity contribution in [1.29, 1.82) is 0 Å². The SMILES string of the molecule is Bc1cnn2c(NC3CCN(C4CCC4)CC3)cc(-c3ccccc3Cl)nc12. The summed E-state index contributed by atoms with van der Waals surface area (Å²) in [7, 11) is 2.05. The molecule has 5 nitrogen and oxygen atoms in total. The van der Waals surface area contributed by atoms with Gasteiger partial charge in [0.2, 0.25) is 0 Å². The van der Waals surface area contributed by atoms with Gasteiger partial charge in [0.1, 0.15) is 13.7 Å². The van der Waals surface area contributed by atoms with E-state index in [1.54, 1.807) is 0 Å². The molecule has 2 aromatic heterocycles. The van der Waals surface area contributed by atoms with E-state index in [0.717, 1.165) is 39.2 Å². The predicted octanol–water partition coefficient (Wildman–Crippen LogP) is 2.74. The standard InChI is InChI=1S/C21H25BClN5/c22-17-13-24-28-20(25-14-8-10-27(11-9-14)15-4-3-5-15)12-19(26-21(17)28)16-6-1-2-7-18(16)23/h1-2,6-7,12-15,25H,3-5,8-11,22H2. The lowest BCUT2D eigenvalue weighted by molar-refractivity contribution is 0.101. The molecule has 0 unspecified atom stereocenters. The zero-order valence-corrected chi connectivity index (χ0v) is 17.0. The van der Waals surface area contributed by atoms with Crippen LogP contribution in [0.5, 0.6) is 0 Å². The maximum atomic E-state index is 6.44. The Morgan fingerprint density at radius 3 is 2.61 bits per heavy atom. The number of aromatic nitrogens is 3. The highest BCUT2D eigenvalue weighted by Gasteiger charge is 2.29. The third kappa shape index (κ3) is 3.29. The molecule has 1 N–H and O–H groups in total. The Kier molecular flexibility index (Phi) is 4.77. The van der Waals surface area contributed by atoms with E-state index >= 15 is 0 Å². The van der Waals surface area contributed by atoms with Gasteiger partial charge in [-0.3, -0.25) is 0 Å². The Labute approximate surface area is 171 Å². The minimum atomic E-state index is 0.463. The van der Waals surface area contributed by atoms with Crippen molar-refractivity contribution in [3.8, 4) is 11.3 Å². The van der Waals surface area contributed by atoms with Crippen molar-refractivity contribution >= 4 is 36.4 Å². The van der Waals surface area contributed by atoms with Gasteiger partial charge in [0.15, 0.2) is 5.65 Å². The monoisotopic (exact) mass is 393 g/mol. The van der Waals surface area contributed by atoms with Crippen LogP contribution in [0.4, 0.5) is 5.82 Å². The normalized spacial score (nSPS) is 19.0. The minimum Gasteiger partial charge on any atom is -0.367 e. The van der Waals surface area contributed by atoms with Gasteiger partial charge in [0.25, 0.3) is 0 Å². The van der Waals surface area contributed by atoms with Gasteiger partial charge < -0.3 is 10.2 Å². The summed E-state index contributed by atoms with van der Waals surface area (Å²) in [5.74, 6) is 0.995. The Morgan fingerprint density at radius 1 is 1.11 bits per heavy atom. The average molecular weight is 394 g/mol. The van der Waals surface area contributed by atoms with E-state index in [0.29, 0.717) is 6.04 Å². The van der Waals surface area contributed by atoms with Crippen LogP contribution in [0.15, 0.2) is 36.5 Å². The van der Waals surface area contributed by atoms with E-state index in [-0.39, 0.29) is 0 Å². The Balaban J connectivity index is 1.43. The molecule has 3 aromatic rings. The molecule has 5 rings (SSSR count). The fourth-order valence-electron chi connectivity index (χ4n) is 4.35. The Hall–Kier alpha value is -2.05. The fraction of sp³-hybridized carbons (Fsp3) is 0.429. The summed E-state index contributed by atoms with van der Waals surface area (Å²) in [5.41, 5.74) is 3.79. The van der Waals surface area contributed by atoms with E-state index in [1.807, 2.05) is 42.8 Å². The maximum Gasteiger partial charge on any atom is 0.151 e. The van der Waals surface area contributed by atoms with Gasteiger partial charge in [0, 0.05) is 48.0 Å². The smallest absolute Gasteiger partial charge is 0.151 e. The van der Waals surface area contributed by atoms with Crippen LogP contribution in [-0.2, 0) is 0 Å². The molecule has 0 spiro atoms. The maximum absolute atomic E-state index is 6.44. The van der Waals surface area contributed by atoms with Crippen molar-refractivity contribution in [2.45, 2.75) is 44.2 Å². The summed E-state index contributed by atoms with van der Waals surface area (Å²) in [5, 5.41) is 9.03. The Morgan fingerprint density at radius 2 is 1.89 bits per heavy atom. The van der Waals surface area contributed by atoms with Crippen LogP contribution in [0.1, 0.15) is 32.1 Å². The lowest BCUT2D eigenvalue weighted by Crippen LogP contribution is -2.47. The highest BCUT2D eigenvalue weighted by Crippen LogP contribution is 2.30. The number of hydrogen-bond donors (Lipinski definition) is 1. The highest BCUT2D eigenvalue weighted by molar-refractivity contribution is 6.36. The molecule has 1 aliphatic carbocycles. The molecule has 1 saturated carbocycles. The zero-order chi connectivity index (χ0) is 19.1. The molecule has 7 heteroatoms. The molecule has 3 heterocycles. The van der Waals surface area contributed by atoms with Gasteiger partial charge in [-0.15, -0.1) is 0 Å². The van der Waals surface area contributed by atoms with E-state index < -0.39 is 0 Å². The second-order valence-corrected chi connectivity index (χ2v) is 8.52. The third-order valence-electron chi connectivity index (χ3n) is 6.27. The van der Waals surface area contributed by atoms with E-state index in [4.69, 9.17) is 16.6 Å². The number of nitrogens with zero attached hydrogens (tertiary/aromatic N) is 4. The van der Waals surface area contributed by atoms with Crippen LogP contribution in [0.25, 0.3) is 16.9 Å². The van der Waals surface area contributed by atoms with Crippen LogP contribution in [0.2, 0.25) is 5.02 Å². The molecular formula is C21H25BClN5. The molecule has 0 amide bonds. The molecule has 1 saturated heterocycles. The second-order valence-electron chi connectivity index (χ2n) is 8.11. The second kappa shape index (κ2) is 7.41. The molecule has 0 bridgehead atoms. The van der Waals surface area contributed by atoms with Crippen molar-refractivity contribution < 1.29 is 0 Å². The van der Waals surface area contributed by atoms with Crippen LogP contribution < -0.4 is 10.8 Å². The zero-order valence-electron chi connectivity index (χ0n) is 16.2. The molecule has 144 valence electrons. The molecule has 1 aromatic carbocycles. The van der Waals surface area contributed by atoms with Crippen molar-refractivity contribution in [2.75, 3.05) is 18.4 Å². The van der Waals surface area contributed by atoms with Gasteiger partial charge in [0.05, 0.1) is 5.69 Å². The largest absolute Gasteiger partial charge is 0.367 e. The fourth-order valence-corrected chi connectivity index (χ4v) is 4.58. The molecule has 0 atom stereocenters. The van der Waals surface area contributed by atoms with Crippen LogP contribution in [0.3, 0.4) is 0 Å². The lowest BCUT2D eigenvalue weighted by Gasteiger charge is -2.42. The molecule has 2 fully saturated rings. The van der Waals surface area contributed by atoms with E-state index in [9.17, 15) is 0 Å². The number of rotatable bonds is 4. The number of hydrogen-bond acceptors (Lipinski definition) is 4. The predicted molar refractivity (Wildman–Crippen MR) is 117 cm³/mol. The van der Waals surface area contributed by atoms with Gasteiger partial charge >= 0.3 is 0 Å². The number of nitrogens with one attached hydrogen (secondary N) is 1. The molecule has 2 aliphatic rings. The molecule has 0 radical (unpaired) electrons. The van der Waals surface area contributed by atoms with Crippen molar-refractivity contribution in [3.63, 3.8) is 0 Å². The van der Waals surface area contributed by atoms with E-state index in [1.165, 1.54) is 45.2 Å².